The van der Waals surface area contributed by atoms with E-state index in [1.54, 1.807) is 48.5 Å². The second-order valence-corrected chi connectivity index (χ2v) is 13.8. The maximum Gasteiger partial charge on any atom is 0.266 e. The number of amides is 4. The van der Waals surface area contributed by atoms with Gasteiger partial charge in [0, 0.05) is 5.41 Å². The van der Waals surface area contributed by atoms with Gasteiger partial charge in [0.1, 0.15) is 23.0 Å². The predicted molar refractivity (Wildman–Crippen MR) is 203 cm³/mol. The highest BCUT2D eigenvalue weighted by atomic mass is 16.5. The lowest BCUT2D eigenvalue weighted by atomic mass is 9.78. The summed E-state index contributed by atoms with van der Waals surface area (Å²) in [6, 6.07) is 40.1. The monoisotopic (exact) mass is 698 g/mol. The molecule has 0 aromatic heterocycles. The number of hydrogen-bond acceptors (Lipinski definition) is 6. The third-order valence-electron chi connectivity index (χ3n) is 10.1. The number of para-hydroxylation sites is 2. The van der Waals surface area contributed by atoms with E-state index in [2.05, 4.69) is 13.8 Å². The molecule has 0 aliphatic carbocycles. The van der Waals surface area contributed by atoms with Gasteiger partial charge in [-0.25, -0.2) is 9.80 Å². The lowest BCUT2D eigenvalue weighted by Crippen LogP contribution is -2.29. The van der Waals surface area contributed by atoms with Crippen molar-refractivity contribution in [2.75, 3.05) is 9.80 Å². The van der Waals surface area contributed by atoms with Crippen LogP contribution in [-0.2, 0) is 5.41 Å². The molecule has 0 unspecified atom stereocenters. The normalized spacial score (nSPS) is 13.7. The van der Waals surface area contributed by atoms with Crippen LogP contribution in [0.3, 0.4) is 0 Å². The average molecular weight is 699 g/mol. The van der Waals surface area contributed by atoms with E-state index in [0.29, 0.717) is 56.6 Å². The predicted octanol–water partition coefficient (Wildman–Crippen LogP) is 9.82. The lowest BCUT2D eigenvalue weighted by Gasteiger charge is -2.26. The fourth-order valence-electron chi connectivity index (χ4n) is 6.95. The molecule has 0 saturated heterocycles. The molecule has 2 heterocycles. The molecule has 260 valence electrons. The van der Waals surface area contributed by atoms with Crippen molar-refractivity contribution in [2.45, 2.75) is 33.1 Å². The van der Waals surface area contributed by atoms with Crippen LogP contribution in [0.4, 0.5) is 11.4 Å². The summed E-state index contributed by atoms with van der Waals surface area (Å²) in [5, 5.41) is 0. The first-order valence-corrected chi connectivity index (χ1v) is 17.2. The van der Waals surface area contributed by atoms with Crippen LogP contribution in [0.2, 0.25) is 0 Å². The summed E-state index contributed by atoms with van der Waals surface area (Å²) in [5.74, 6) is 0.670. The molecule has 8 nitrogen and oxygen atoms in total. The van der Waals surface area contributed by atoms with Crippen molar-refractivity contribution in [2.24, 2.45) is 0 Å². The van der Waals surface area contributed by atoms with Crippen LogP contribution in [0.5, 0.6) is 23.0 Å². The Kier molecular flexibility index (Phi) is 8.03. The number of rotatable bonds is 8. The molecular weight excluding hydrogens is 665 g/mol. The Morgan fingerprint density at radius 3 is 1.13 bits per heavy atom. The molecule has 0 spiro atoms. The molecule has 6 aromatic rings. The van der Waals surface area contributed by atoms with Crippen molar-refractivity contribution in [3.8, 4) is 23.0 Å². The number of benzene rings is 6. The topological polar surface area (TPSA) is 93.2 Å². The number of hydrogen-bond donors (Lipinski definition) is 0. The van der Waals surface area contributed by atoms with Crippen molar-refractivity contribution in [1.82, 2.24) is 0 Å². The van der Waals surface area contributed by atoms with Crippen LogP contribution in [-0.4, -0.2) is 23.6 Å². The zero-order valence-corrected chi connectivity index (χ0v) is 29.5. The minimum absolute atomic E-state index is 0.311. The Hall–Kier alpha value is -6.80. The molecule has 0 radical (unpaired) electrons. The van der Waals surface area contributed by atoms with Crippen molar-refractivity contribution < 1.29 is 28.7 Å². The maximum atomic E-state index is 13.3. The van der Waals surface area contributed by atoms with E-state index in [9.17, 15) is 19.2 Å². The van der Waals surface area contributed by atoms with Crippen molar-refractivity contribution in [3.05, 3.63) is 178 Å². The summed E-state index contributed by atoms with van der Waals surface area (Å²) in [5.41, 5.74) is 5.89. The fraction of sp³-hybridized carbons (Fsp3) is 0.111. The fourth-order valence-corrected chi connectivity index (χ4v) is 6.95. The Labute approximate surface area is 306 Å². The van der Waals surface area contributed by atoms with E-state index in [1.165, 1.54) is 9.80 Å². The second kappa shape index (κ2) is 12.8. The number of nitrogens with zero attached hydrogens (tertiary/aromatic N) is 2. The van der Waals surface area contributed by atoms with Gasteiger partial charge in [0.05, 0.1) is 33.6 Å². The Morgan fingerprint density at radius 1 is 0.415 bits per heavy atom. The smallest absolute Gasteiger partial charge is 0.266 e. The third kappa shape index (κ3) is 5.74. The number of carbonyl (C=O) groups is 4. The first-order valence-electron chi connectivity index (χ1n) is 17.2. The average Bonchev–Trinajstić information content (AvgIpc) is 3.55. The summed E-state index contributed by atoms with van der Waals surface area (Å²) in [6.07, 6.45) is 0. The maximum absolute atomic E-state index is 13.3. The highest BCUT2D eigenvalue weighted by Crippen LogP contribution is 2.38. The van der Waals surface area contributed by atoms with Gasteiger partial charge in [0.15, 0.2) is 0 Å². The van der Waals surface area contributed by atoms with E-state index < -0.39 is 0 Å². The lowest BCUT2D eigenvalue weighted by molar-refractivity contribution is 0.0910. The molecule has 0 bridgehead atoms. The van der Waals surface area contributed by atoms with Crippen LogP contribution in [0.25, 0.3) is 0 Å². The first-order chi connectivity index (χ1) is 25.5. The van der Waals surface area contributed by atoms with E-state index in [-0.39, 0.29) is 29.0 Å². The Morgan fingerprint density at radius 2 is 0.755 bits per heavy atom. The van der Waals surface area contributed by atoms with Gasteiger partial charge in [-0.05, 0) is 109 Å². The first kappa shape index (κ1) is 33.3. The molecule has 2 aliphatic rings. The van der Waals surface area contributed by atoms with Crippen LogP contribution in [0.15, 0.2) is 133 Å². The van der Waals surface area contributed by atoms with Crippen LogP contribution in [0.1, 0.15) is 77.5 Å². The molecule has 6 aromatic carbocycles. The largest absolute Gasteiger partial charge is 0.457 e. The van der Waals surface area contributed by atoms with Gasteiger partial charge < -0.3 is 9.47 Å². The van der Waals surface area contributed by atoms with Gasteiger partial charge in [-0.2, -0.15) is 0 Å². The quantitative estimate of drug-likeness (QED) is 0.147. The molecule has 8 rings (SSSR count). The molecule has 2 aliphatic heterocycles. The number of carbonyl (C=O) groups excluding carboxylic acids is 4. The van der Waals surface area contributed by atoms with E-state index in [1.807, 2.05) is 98.8 Å². The Bertz CT molecular complexity index is 2310. The SMILES string of the molecule is Cc1ccccc1N1C(=O)c2ccc(Oc3ccc(C(C)(C)c4ccc(Oc5ccc6c(c5)C(=O)N(c5ccccc5C)C6=O)cc4)cc3)cc2C1=O. The van der Waals surface area contributed by atoms with Gasteiger partial charge in [0.25, 0.3) is 23.6 Å². The summed E-state index contributed by atoms with van der Waals surface area (Å²) < 4.78 is 12.3. The number of aryl methyl sites for hydroxylation is 2. The summed E-state index contributed by atoms with van der Waals surface area (Å²) >= 11 is 0. The number of imide groups is 2. The van der Waals surface area contributed by atoms with Crippen LogP contribution < -0.4 is 19.3 Å². The number of ether oxygens (including phenoxy) is 2. The zero-order valence-electron chi connectivity index (χ0n) is 29.5. The second-order valence-electron chi connectivity index (χ2n) is 13.8. The van der Waals surface area contributed by atoms with Crippen LogP contribution in [0, 0.1) is 13.8 Å². The van der Waals surface area contributed by atoms with E-state index >= 15 is 0 Å². The minimum Gasteiger partial charge on any atom is -0.457 e. The molecule has 0 atom stereocenters. The molecule has 53 heavy (non-hydrogen) atoms. The van der Waals surface area contributed by atoms with Gasteiger partial charge >= 0.3 is 0 Å². The molecule has 0 N–H and O–H groups in total. The summed E-state index contributed by atoms with van der Waals surface area (Å²) in [4.78, 5) is 55.3. The van der Waals surface area contributed by atoms with Gasteiger partial charge in [-0.1, -0.05) is 74.5 Å². The highest BCUT2D eigenvalue weighted by Gasteiger charge is 2.39. The van der Waals surface area contributed by atoms with Crippen molar-refractivity contribution in [3.63, 3.8) is 0 Å². The molecular formula is C45H34N2O6. The van der Waals surface area contributed by atoms with Gasteiger partial charge in [0.2, 0.25) is 0 Å². The zero-order chi connectivity index (χ0) is 37.0. The van der Waals surface area contributed by atoms with E-state index in [0.717, 1.165) is 22.3 Å². The molecule has 0 fully saturated rings. The Balaban J connectivity index is 0.943. The third-order valence-corrected chi connectivity index (χ3v) is 10.1. The molecule has 0 saturated carbocycles. The number of fused-ring (bicyclic) bond motifs is 2. The van der Waals surface area contributed by atoms with Crippen LogP contribution >= 0.6 is 0 Å². The van der Waals surface area contributed by atoms with Gasteiger partial charge in [-0.3, -0.25) is 19.2 Å². The minimum atomic E-state index is -0.373. The van der Waals surface area contributed by atoms with Crippen molar-refractivity contribution in [1.29, 1.82) is 0 Å². The van der Waals surface area contributed by atoms with Gasteiger partial charge in [-0.15, -0.1) is 0 Å². The highest BCUT2D eigenvalue weighted by molar-refractivity contribution is 6.35. The molecule has 8 heteroatoms. The number of anilines is 2. The standard InChI is InChI=1S/C45H34N2O6/c1-27-9-5-7-11-39(27)46-41(48)35-23-21-33(25-37(35)43(46)50)52-31-17-13-29(14-18-31)45(3,4)30-15-19-32(20-16-30)53-34-22-24-36-38(26-34)44(51)47(42(36)49)40-12-8-6-10-28(40)2/h5-26H,1-4H3. The summed E-state index contributed by atoms with van der Waals surface area (Å²) in [6.45, 7) is 8.00. The summed E-state index contributed by atoms with van der Waals surface area (Å²) in [7, 11) is 0. The molecule has 4 amide bonds. The van der Waals surface area contributed by atoms with Crippen molar-refractivity contribution >= 4 is 35.0 Å². The van der Waals surface area contributed by atoms with E-state index in [4.69, 9.17) is 9.47 Å².